The van der Waals surface area contributed by atoms with Gasteiger partial charge in [-0.15, -0.1) is 0 Å². The second-order valence-electron chi connectivity index (χ2n) is 4.39. The summed E-state index contributed by atoms with van der Waals surface area (Å²) in [6.07, 6.45) is 9.43. The van der Waals surface area contributed by atoms with Crippen molar-refractivity contribution in [1.29, 1.82) is 0 Å². The maximum Gasteiger partial charge on any atom is 0.155 e. The fourth-order valence-electron chi connectivity index (χ4n) is 2.55. The minimum absolute atomic E-state index is 0.450. The van der Waals surface area contributed by atoms with E-state index in [0.29, 0.717) is 6.04 Å². The number of hydrogen-bond acceptors (Lipinski definition) is 3. The van der Waals surface area contributed by atoms with Crippen LogP contribution >= 0.6 is 0 Å². The standard InChI is InChI=1S/C12H16N4/c1-9-12(10-4-2-3-5-14-10)16-7-6-13-8-11(16)15-9/h6-8,10,14H,2-5H2,1H3. The molecule has 1 aliphatic heterocycles. The molecule has 0 spiro atoms. The number of imidazole rings is 1. The number of fused-ring (bicyclic) bond motifs is 1. The summed E-state index contributed by atoms with van der Waals surface area (Å²) in [5, 5.41) is 3.57. The first-order valence-electron chi connectivity index (χ1n) is 5.88. The van der Waals surface area contributed by atoms with Crippen LogP contribution in [0.5, 0.6) is 0 Å². The van der Waals surface area contributed by atoms with Crippen molar-refractivity contribution in [2.45, 2.75) is 32.2 Å². The molecule has 4 nitrogen and oxygen atoms in total. The Bertz CT molecular complexity index is 497. The first-order chi connectivity index (χ1) is 7.86. The molecule has 0 bridgehead atoms. The summed E-state index contributed by atoms with van der Waals surface area (Å²) < 4.78 is 2.16. The molecule has 1 N–H and O–H groups in total. The van der Waals surface area contributed by atoms with Gasteiger partial charge < -0.3 is 5.32 Å². The number of rotatable bonds is 1. The number of nitrogens with zero attached hydrogens (tertiary/aromatic N) is 3. The molecular weight excluding hydrogens is 200 g/mol. The summed E-state index contributed by atoms with van der Waals surface area (Å²) in [5.41, 5.74) is 3.37. The van der Waals surface area contributed by atoms with Gasteiger partial charge in [0.05, 0.1) is 17.6 Å². The van der Waals surface area contributed by atoms with Gasteiger partial charge in [0.1, 0.15) is 0 Å². The SMILES string of the molecule is Cc1nc2cnccn2c1C1CCCCN1. The van der Waals surface area contributed by atoms with Crippen LogP contribution in [0, 0.1) is 6.92 Å². The minimum atomic E-state index is 0.450. The van der Waals surface area contributed by atoms with Gasteiger partial charge in [0.2, 0.25) is 0 Å². The number of nitrogens with one attached hydrogen (secondary N) is 1. The van der Waals surface area contributed by atoms with E-state index in [2.05, 4.69) is 26.6 Å². The van der Waals surface area contributed by atoms with Crippen molar-refractivity contribution in [2.24, 2.45) is 0 Å². The maximum atomic E-state index is 4.55. The van der Waals surface area contributed by atoms with Crippen molar-refractivity contribution in [3.63, 3.8) is 0 Å². The van der Waals surface area contributed by atoms with Crippen molar-refractivity contribution in [1.82, 2.24) is 19.7 Å². The molecule has 2 aromatic rings. The Hall–Kier alpha value is -1.42. The van der Waals surface area contributed by atoms with Crippen LogP contribution < -0.4 is 5.32 Å². The highest BCUT2D eigenvalue weighted by molar-refractivity contribution is 5.41. The average Bonchev–Trinajstić information content (AvgIpc) is 2.66. The van der Waals surface area contributed by atoms with Gasteiger partial charge in [0.15, 0.2) is 5.65 Å². The predicted molar refractivity (Wildman–Crippen MR) is 62.3 cm³/mol. The molecule has 0 aliphatic carbocycles. The lowest BCUT2D eigenvalue weighted by molar-refractivity contribution is 0.402. The predicted octanol–water partition coefficient (Wildman–Crippen LogP) is 1.85. The maximum absolute atomic E-state index is 4.55. The van der Waals surface area contributed by atoms with E-state index in [1.54, 1.807) is 0 Å². The lowest BCUT2D eigenvalue weighted by Crippen LogP contribution is -2.28. The molecule has 0 saturated carbocycles. The zero-order valence-corrected chi connectivity index (χ0v) is 9.48. The quantitative estimate of drug-likeness (QED) is 0.791. The highest BCUT2D eigenvalue weighted by atomic mass is 15.1. The molecule has 2 aromatic heterocycles. The Morgan fingerprint density at radius 2 is 2.38 bits per heavy atom. The summed E-state index contributed by atoms with van der Waals surface area (Å²) in [6, 6.07) is 0.450. The van der Waals surface area contributed by atoms with E-state index >= 15 is 0 Å². The first kappa shape index (κ1) is 9.78. The highest BCUT2D eigenvalue weighted by Gasteiger charge is 2.20. The number of hydrogen-bond donors (Lipinski definition) is 1. The van der Waals surface area contributed by atoms with E-state index < -0.39 is 0 Å². The van der Waals surface area contributed by atoms with Crippen molar-refractivity contribution in [3.05, 3.63) is 30.0 Å². The van der Waals surface area contributed by atoms with E-state index in [0.717, 1.165) is 17.9 Å². The van der Waals surface area contributed by atoms with Crippen LogP contribution in [0.1, 0.15) is 36.7 Å². The van der Waals surface area contributed by atoms with Crippen LogP contribution in [0.25, 0.3) is 5.65 Å². The molecule has 1 saturated heterocycles. The van der Waals surface area contributed by atoms with Gasteiger partial charge in [-0.25, -0.2) is 4.98 Å². The summed E-state index contributed by atoms with van der Waals surface area (Å²) in [5.74, 6) is 0. The first-order valence-corrected chi connectivity index (χ1v) is 5.88. The van der Waals surface area contributed by atoms with E-state index in [9.17, 15) is 0 Å². The van der Waals surface area contributed by atoms with Gasteiger partial charge in [0.25, 0.3) is 0 Å². The van der Waals surface area contributed by atoms with Gasteiger partial charge in [-0.3, -0.25) is 9.38 Å². The van der Waals surface area contributed by atoms with Crippen LogP contribution in [0.2, 0.25) is 0 Å². The average molecular weight is 216 g/mol. The van der Waals surface area contributed by atoms with E-state index in [1.165, 1.54) is 25.0 Å². The molecule has 1 atom stereocenters. The third kappa shape index (κ3) is 1.50. The smallest absolute Gasteiger partial charge is 0.155 e. The van der Waals surface area contributed by atoms with Crippen LogP contribution in [0.3, 0.4) is 0 Å². The molecule has 84 valence electrons. The third-order valence-electron chi connectivity index (χ3n) is 3.29. The number of aryl methyl sites for hydroxylation is 1. The molecule has 0 radical (unpaired) electrons. The fourth-order valence-corrected chi connectivity index (χ4v) is 2.55. The van der Waals surface area contributed by atoms with E-state index in [1.807, 2.05) is 18.6 Å². The normalized spacial score (nSPS) is 21.4. The molecule has 0 aromatic carbocycles. The van der Waals surface area contributed by atoms with E-state index in [4.69, 9.17) is 0 Å². The Balaban J connectivity index is 2.10. The number of piperidine rings is 1. The van der Waals surface area contributed by atoms with Crippen molar-refractivity contribution in [2.75, 3.05) is 6.54 Å². The zero-order valence-electron chi connectivity index (χ0n) is 9.48. The molecule has 4 heteroatoms. The Kier molecular flexibility index (Phi) is 2.36. The summed E-state index contributed by atoms with van der Waals surface area (Å²) in [7, 11) is 0. The number of aromatic nitrogens is 3. The molecule has 1 fully saturated rings. The topological polar surface area (TPSA) is 42.2 Å². The van der Waals surface area contributed by atoms with Gasteiger partial charge in [-0.05, 0) is 26.3 Å². The minimum Gasteiger partial charge on any atom is -0.309 e. The van der Waals surface area contributed by atoms with Gasteiger partial charge in [0, 0.05) is 18.4 Å². The molecule has 16 heavy (non-hydrogen) atoms. The van der Waals surface area contributed by atoms with Crippen molar-refractivity contribution < 1.29 is 0 Å². The molecule has 1 aliphatic rings. The zero-order chi connectivity index (χ0) is 11.0. The second kappa shape index (κ2) is 3.87. The molecular formula is C12H16N4. The Labute approximate surface area is 94.7 Å². The monoisotopic (exact) mass is 216 g/mol. The van der Waals surface area contributed by atoms with E-state index in [-0.39, 0.29) is 0 Å². The largest absolute Gasteiger partial charge is 0.309 e. The summed E-state index contributed by atoms with van der Waals surface area (Å²) >= 11 is 0. The summed E-state index contributed by atoms with van der Waals surface area (Å²) in [4.78, 5) is 8.66. The van der Waals surface area contributed by atoms with Gasteiger partial charge in [-0.1, -0.05) is 6.42 Å². The van der Waals surface area contributed by atoms with Gasteiger partial charge >= 0.3 is 0 Å². The Morgan fingerprint density at radius 3 is 3.19 bits per heavy atom. The molecule has 3 rings (SSSR count). The van der Waals surface area contributed by atoms with Crippen LogP contribution in [0.15, 0.2) is 18.6 Å². The van der Waals surface area contributed by atoms with Crippen LogP contribution in [0.4, 0.5) is 0 Å². The third-order valence-corrected chi connectivity index (χ3v) is 3.29. The van der Waals surface area contributed by atoms with Crippen LogP contribution in [-0.4, -0.2) is 20.9 Å². The van der Waals surface area contributed by atoms with Crippen molar-refractivity contribution in [3.8, 4) is 0 Å². The van der Waals surface area contributed by atoms with Gasteiger partial charge in [-0.2, -0.15) is 0 Å². The molecule has 0 amide bonds. The van der Waals surface area contributed by atoms with Crippen molar-refractivity contribution >= 4 is 5.65 Å². The summed E-state index contributed by atoms with van der Waals surface area (Å²) in [6.45, 7) is 3.20. The molecule has 3 heterocycles. The highest BCUT2D eigenvalue weighted by Crippen LogP contribution is 2.25. The molecule has 1 unspecified atom stereocenters. The second-order valence-corrected chi connectivity index (χ2v) is 4.39. The lowest BCUT2D eigenvalue weighted by atomic mass is 10.0. The fraction of sp³-hybridized carbons (Fsp3) is 0.500. The van der Waals surface area contributed by atoms with Crippen LogP contribution in [-0.2, 0) is 0 Å². The lowest BCUT2D eigenvalue weighted by Gasteiger charge is -2.23. The Morgan fingerprint density at radius 1 is 1.44 bits per heavy atom.